The summed E-state index contributed by atoms with van der Waals surface area (Å²) < 4.78 is 0. The second kappa shape index (κ2) is 2.81. The van der Waals surface area contributed by atoms with Crippen LogP contribution in [0.3, 0.4) is 0 Å². The van der Waals surface area contributed by atoms with Crippen LogP contribution in [0.15, 0.2) is 4.79 Å². The summed E-state index contributed by atoms with van der Waals surface area (Å²) in [5.41, 5.74) is 1.96. The van der Waals surface area contributed by atoms with Crippen LogP contribution in [-0.2, 0) is 11.8 Å². The average molecular weight is 168 g/mol. The molecule has 0 bridgehead atoms. The molecule has 0 radical (unpaired) electrons. The molecular formula is C9H16N2O. The predicted octanol–water partition coefficient (Wildman–Crippen LogP) is 1.56. The molecule has 1 rings (SSSR count). The van der Waals surface area contributed by atoms with Crippen LogP contribution >= 0.6 is 0 Å². The molecule has 0 saturated carbocycles. The van der Waals surface area contributed by atoms with Gasteiger partial charge in [0.15, 0.2) is 0 Å². The highest BCUT2D eigenvalue weighted by atomic mass is 16.1. The number of aryl methyl sites for hydroxylation is 1. The Bertz CT molecular complexity index is 314. The van der Waals surface area contributed by atoms with Crippen molar-refractivity contribution in [2.24, 2.45) is 0 Å². The predicted molar refractivity (Wildman–Crippen MR) is 49.5 cm³/mol. The van der Waals surface area contributed by atoms with E-state index < -0.39 is 0 Å². The Balaban J connectivity index is 3.23. The topological polar surface area (TPSA) is 48.6 Å². The molecule has 0 atom stereocenters. The fraction of sp³-hybridized carbons (Fsp3) is 0.667. The highest BCUT2D eigenvalue weighted by Gasteiger charge is 2.19. The Morgan fingerprint density at radius 1 is 1.25 bits per heavy atom. The van der Waals surface area contributed by atoms with Crippen LogP contribution in [0.1, 0.15) is 39.1 Å². The van der Waals surface area contributed by atoms with Crippen molar-refractivity contribution in [3.63, 3.8) is 0 Å². The van der Waals surface area contributed by atoms with Gasteiger partial charge in [0.2, 0.25) is 0 Å². The lowest BCUT2D eigenvalue weighted by molar-refractivity contribution is 0.564. The summed E-state index contributed by atoms with van der Waals surface area (Å²) in [7, 11) is 0. The summed E-state index contributed by atoms with van der Waals surface area (Å²) >= 11 is 0. The first kappa shape index (κ1) is 9.10. The molecule has 0 saturated heterocycles. The molecule has 12 heavy (non-hydrogen) atoms. The largest absolute Gasteiger partial charge is 0.323 e. The maximum absolute atomic E-state index is 11.0. The van der Waals surface area contributed by atoms with Gasteiger partial charge in [-0.15, -0.1) is 0 Å². The Labute approximate surface area is 72.2 Å². The maximum atomic E-state index is 11.0. The number of H-pyrrole nitrogens is 2. The molecule has 1 aromatic heterocycles. The number of aromatic amines is 2. The summed E-state index contributed by atoms with van der Waals surface area (Å²) in [5.74, 6) is 0. The van der Waals surface area contributed by atoms with Crippen LogP contribution in [0, 0.1) is 0 Å². The third-order valence-corrected chi connectivity index (χ3v) is 1.91. The van der Waals surface area contributed by atoms with E-state index in [9.17, 15) is 4.79 Å². The molecule has 0 spiro atoms. The third-order valence-electron chi connectivity index (χ3n) is 1.91. The van der Waals surface area contributed by atoms with E-state index in [1.54, 1.807) is 0 Å². The van der Waals surface area contributed by atoms with E-state index in [0.717, 1.165) is 17.8 Å². The summed E-state index contributed by atoms with van der Waals surface area (Å²) in [6.45, 7) is 8.30. The Kier molecular flexibility index (Phi) is 2.13. The molecule has 3 heteroatoms. The Hall–Kier alpha value is -0.990. The molecular weight excluding hydrogens is 152 g/mol. The van der Waals surface area contributed by atoms with E-state index in [1.807, 2.05) is 6.92 Å². The molecule has 0 aliphatic carbocycles. The summed E-state index contributed by atoms with van der Waals surface area (Å²) in [6.07, 6.45) is 0.866. The van der Waals surface area contributed by atoms with Gasteiger partial charge in [0, 0.05) is 16.8 Å². The van der Waals surface area contributed by atoms with Crippen LogP contribution in [0.25, 0.3) is 0 Å². The number of nitrogens with one attached hydrogen (secondary N) is 2. The van der Waals surface area contributed by atoms with E-state index >= 15 is 0 Å². The first-order valence-corrected chi connectivity index (χ1v) is 4.26. The van der Waals surface area contributed by atoms with Crippen LogP contribution in [0.2, 0.25) is 0 Å². The van der Waals surface area contributed by atoms with Gasteiger partial charge >= 0.3 is 5.69 Å². The van der Waals surface area contributed by atoms with Crippen LogP contribution in [-0.4, -0.2) is 9.97 Å². The van der Waals surface area contributed by atoms with Crippen LogP contribution in [0.4, 0.5) is 0 Å². The van der Waals surface area contributed by atoms with Crippen molar-refractivity contribution in [1.82, 2.24) is 9.97 Å². The highest BCUT2D eigenvalue weighted by molar-refractivity contribution is 5.19. The average Bonchev–Trinajstić information content (AvgIpc) is 2.29. The van der Waals surface area contributed by atoms with Crippen molar-refractivity contribution in [3.05, 3.63) is 21.9 Å². The first-order chi connectivity index (χ1) is 5.45. The number of rotatable bonds is 1. The van der Waals surface area contributed by atoms with Gasteiger partial charge in [0.1, 0.15) is 0 Å². The van der Waals surface area contributed by atoms with Crippen LogP contribution in [0.5, 0.6) is 0 Å². The second-order valence-electron chi connectivity index (χ2n) is 4.04. The van der Waals surface area contributed by atoms with Gasteiger partial charge in [-0.1, -0.05) is 27.7 Å². The molecule has 0 amide bonds. The summed E-state index contributed by atoms with van der Waals surface area (Å²) in [4.78, 5) is 16.6. The van der Waals surface area contributed by atoms with Gasteiger partial charge in [-0.2, -0.15) is 0 Å². The van der Waals surface area contributed by atoms with E-state index in [1.165, 1.54) is 0 Å². The first-order valence-electron chi connectivity index (χ1n) is 4.26. The van der Waals surface area contributed by atoms with Crippen molar-refractivity contribution in [2.45, 2.75) is 39.5 Å². The molecule has 0 aliphatic heterocycles. The molecule has 1 aromatic rings. The van der Waals surface area contributed by atoms with E-state index in [0.29, 0.717) is 0 Å². The Morgan fingerprint density at radius 2 is 1.83 bits per heavy atom. The van der Waals surface area contributed by atoms with Crippen LogP contribution < -0.4 is 5.69 Å². The van der Waals surface area contributed by atoms with Crippen molar-refractivity contribution in [2.75, 3.05) is 0 Å². The minimum atomic E-state index is -0.100. The molecule has 68 valence electrons. The SMILES string of the molecule is CCc1[nH]c(=O)[nH]c1C(C)(C)C. The zero-order valence-electron chi connectivity index (χ0n) is 8.12. The standard InChI is InChI=1S/C9H16N2O/c1-5-6-7(9(2,3)4)11-8(12)10-6/h5H2,1-4H3,(H2,10,11,12). The molecule has 0 unspecified atom stereocenters. The fourth-order valence-electron chi connectivity index (χ4n) is 1.33. The monoisotopic (exact) mass is 168 g/mol. The molecule has 1 heterocycles. The number of aromatic nitrogens is 2. The fourth-order valence-corrected chi connectivity index (χ4v) is 1.33. The van der Waals surface area contributed by atoms with E-state index in [4.69, 9.17) is 0 Å². The minimum Gasteiger partial charge on any atom is -0.310 e. The molecule has 3 nitrogen and oxygen atoms in total. The van der Waals surface area contributed by atoms with Crippen molar-refractivity contribution in [3.8, 4) is 0 Å². The van der Waals surface area contributed by atoms with Gasteiger partial charge in [0.05, 0.1) is 0 Å². The number of hydrogen-bond acceptors (Lipinski definition) is 1. The number of hydrogen-bond donors (Lipinski definition) is 2. The number of imidazole rings is 1. The van der Waals surface area contributed by atoms with Crippen molar-refractivity contribution in [1.29, 1.82) is 0 Å². The molecule has 0 fully saturated rings. The summed E-state index contributed by atoms with van der Waals surface area (Å²) in [6, 6.07) is 0. The molecule has 2 N–H and O–H groups in total. The maximum Gasteiger partial charge on any atom is 0.323 e. The second-order valence-corrected chi connectivity index (χ2v) is 4.04. The van der Waals surface area contributed by atoms with Crippen molar-refractivity contribution >= 4 is 0 Å². The summed E-state index contributed by atoms with van der Waals surface area (Å²) in [5, 5.41) is 0. The zero-order valence-corrected chi connectivity index (χ0v) is 8.12. The van der Waals surface area contributed by atoms with Gasteiger partial charge in [0.25, 0.3) is 0 Å². The van der Waals surface area contributed by atoms with Gasteiger partial charge in [-0.05, 0) is 6.42 Å². The zero-order chi connectivity index (χ0) is 9.35. The lowest BCUT2D eigenvalue weighted by Gasteiger charge is -2.17. The smallest absolute Gasteiger partial charge is 0.310 e. The lowest BCUT2D eigenvalue weighted by Crippen LogP contribution is -2.15. The van der Waals surface area contributed by atoms with Gasteiger partial charge < -0.3 is 9.97 Å². The quantitative estimate of drug-likeness (QED) is 0.657. The highest BCUT2D eigenvalue weighted by Crippen LogP contribution is 2.21. The molecule has 0 aromatic carbocycles. The molecule has 0 aliphatic rings. The van der Waals surface area contributed by atoms with Crippen molar-refractivity contribution < 1.29 is 0 Å². The van der Waals surface area contributed by atoms with E-state index in [-0.39, 0.29) is 11.1 Å². The third kappa shape index (κ3) is 1.60. The van der Waals surface area contributed by atoms with E-state index in [2.05, 4.69) is 30.7 Å². The van der Waals surface area contributed by atoms with Gasteiger partial charge in [-0.25, -0.2) is 4.79 Å². The van der Waals surface area contributed by atoms with Gasteiger partial charge in [-0.3, -0.25) is 0 Å². The lowest BCUT2D eigenvalue weighted by atomic mass is 9.90. The Morgan fingerprint density at radius 3 is 2.17 bits per heavy atom. The normalized spacial score (nSPS) is 12.0. The minimum absolute atomic E-state index is 0.0184.